The van der Waals surface area contributed by atoms with Crippen LogP contribution in [0, 0.1) is 0 Å². The van der Waals surface area contributed by atoms with E-state index < -0.39 is 0 Å². The zero-order chi connectivity index (χ0) is 33.9. The number of benzene rings is 2. The Hall–Kier alpha value is -4.55. The molecule has 0 radical (unpaired) electrons. The maximum absolute atomic E-state index is 11.5. The Morgan fingerprint density at radius 1 is 0.837 bits per heavy atom. The number of H-pyrrole nitrogens is 1. The van der Waals surface area contributed by atoms with Crippen molar-refractivity contribution in [2.24, 2.45) is 0 Å². The van der Waals surface area contributed by atoms with Crippen molar-refractivity contribution in [3.8, 4) is 39.4 Å². The number of methoxy groups -OCH3 is 1. The smallest absolute Gasteiger partial charge is 0.220 e. The van der Waals surface area contributed by atoms with Crippen molar-refractivity contribution in [2.45, 2.75) is 50.9 Å². The number of halogens is 2. The number of aromatic amines is 1. The summed E-state index contributed by atoms with van der Waals surface area (Å²) in [4.78, 5) is 32.5. The highest BCUT2D eigenvalue weighted by atomic mass is 35.5. The summed E-state index contributed by atoms with van der Waals surface area (Å²) in [5, 5.41) is 22.2. The molecule has 2 saturated heterocycles. The number of rotatable bonds is 12. The van der Waals surface area contributed by atoms with Crippen LogP contribution in [0.3, 0.4) is 0 Å². The van der Waals surface area contributed by atoms with Crippen LogP contribution in [0.25, 0.3) is 44.5 Å². The maximum Gasteiger partial charge on any atom is 0.220 e. The topological polar surface area (TPSA) is 146 Å². The van der Waals surface area contributed by atoms with Crippen LogP contribution in [-0.4, -0.2) is 64.3 Å². The summed E-state index contributed by atoms with van der Waals surface area (Å²) in [6, 6.07) is 17.9. The van der Waals surface area contributed by atoms with Gasteiger partial charge in [0.25, 0.3) is 0 Å². The van der Waals surface area contributed by atoms with E-state index in [2.05, 4.69) is 36.4 Å². The summed E-state index contributed by atoms with van der Waals surface area (Å²) in [5.74, 6) is 0.701. The molecule has 0 saturated carbocycles. The standard InChI is InChI=1S/C36H36Cl2N8O3/c1-49-36-20(15-39-17-22-9-12-31(47)42-22)8-11-29(44-36)27-7-3-6-26(34(27)38)25-5-2-4-24(33(25)37)21-14-28-30(45-46-35(28)41-16-21)19-40-18-23-10-13-32(48)43-23/h2-8,11,14,16,22-23,39-40H,9-10,12-13,15,17-19H2,1H3,(H,42,47)(H,43,48)(H,41,45,46)/t22-,23-/m1/s1. The Labute approximate surface area is 293 Å². The fourth-order valence-corrected chi connectivity index (χ4v) is 7.14. The first kappa shape index (κ1) is 33.0. The molecule has 2 aliphatic rings. The molecule has 11 nitrogen and oxygen atoms in total. The zero-order valence-electron chi connectivity index (χ0n) is 26.9. The molecule has 2 atom stereocenters. The van der Waals surface area contributed by atoms with Crippen LogP contribution in [-0.2, 0) is 22.7 Å². The molecule has 7 rings (SSSR count). The molecule has 2 fully saturated rings. The largest absolute Gasteiger partial charge is 0.481 e. The number of fused-ring (bicyclic) bond motifs is 1. The van der Waals surface area contributed by atoms with Gasteiger partial charge in [-0.15, -0.1) is 0 Å². The van der Waals surface area contributed by atoms with Crippen molar-refractivity contribution in [3.63, 3.8) is 0 Å². The lowest BCUT2D eigenvalue weighted by molar-refractivity contribution is -0.120. The number of aromatic nitrogens is 4. The first-order valence-electron chi connectivity index (χ1n) is 16.3. The monoisotopic (exact) mass is 698 g/mol. The lowest BCUT2D eigenvalue weighted by Gasteiger charge is -2.15. The Bertz CT molecular complexity index is 2030. The van der Waals surface area contributed by atoms with E-state index >= 15 is 0 Å². The van der Waals surface area contributed by atoms with Gasteiger partial charge in [-0.2, -0.15) is 5.10 Å². The third-order valence-corrected chi connectivity index (χ3v) is 9.88. The van der Waals surface area contributed by atoms with Gasteiger partial charge < -0.3 is 26.0 Å². The number of ether oxygens (including phenoxy) is 1. The van der Waals surface area contributed by atoms with Crippen molar-refractivity contribution in [1.82, 2.24) is 41.4 Å². The van der Waals surface area contributed by atoms with Gasteiger partial charge in [-0.1, -0.05) is 65.7 Å². The highest BCUT2D eigenvalue weighted by molar-refractivity contribution is 6.39. The second kappa shape index (κ2) is 14.5. The van der Waals surface area contributed by atoms with E-state index in [4.69, 9.17) is 32.9 Å². The van der Waals surface area contributed by atoms with Crippen molar-refractivity contribution in [1.29, 1.82) is 0 Å². The lowest BCUT2D eigenvalue weighted by Crippen LogP contribution is -2.35. The Kier molecular flexibility index (Phi) is 9.77. The van der Waals surface area contributed by atoms with Crippen molar-refractivity contribution in [2.75, 3.05) is 20.2 Å². The van der Waals surface area contributed by atoms with Gasteiger partial charge in [-0.3, -0.25) is 14.7 Å². The lowest BCUT2D eigenvalue weighted by atomic mass is 9.97. The van der Waals surface area contributed by atoms with Gasteiger partial charge in [0.2, 0.25) is 17.7 Å². The third kappa shape index (κ3) is 7.11. The average Bonchev–Trinajstić information content (AvgIpc) is 3.84. The Balaban J connectivity index is 1.11. The van der Waals surface area contributed by atoms with Gasteiger partial charge in [-0.25, -0.2) is 9.97 Å². The highest BCUT2D eigenvalue weighted by Crippen LogP contribution is 2.42. The van der Waals surface area contributed by atoms with Crippen LogP contribution in [0.4, 0.5) is 0 Å². The minimum absolute atomic E-state index is 0.0987. The molecular weight excluding hydrogens is 663 g/mol. The van der Waals surface area contributed by atoms with Gasteiger partial charge in [0.15, 0.2) is 5.65 Å². The van der Waals surface area contributed by atoms with Crippen LogP contribution < -0.4 is 26.0 Å². The molecule has 13 heteroatoms. The molecule has 49 heavy (non-hydrogen) atoms. The summed E-state index contributed by atoms with van der Waals surface area (Å²) in [7, 11) is 1.60. The molecule has 2 aromatic carbocycles. The van der Waals surface area contributed by atoms with Gasteiger partial charge in [0.1, 0.15) is 0 Å². The van der Waals surface area contributed by atoms with E-state index in [1.54, 1.807) is 13.3 Å². The number of pyridine rings is 2. The second-order valence-corrected chi connectivity index (χ2v) is 13.1. The maximum atomic E-state index is 11.5. The molecular formula is C36H36Cl2N8O3. The number of hydrogen-bond donors (Lipinski definition) is 5. The quantitative estimate of drug-likeness (QED) is 0.116. The summed E-state index contributed by atoms with van der Waals surface area (Å²) in [6.07, 6.45) is 4.59. The number of hydrogen-bond acceptors (Lipinski definition) is 8. The predicted molar refractivity (Wildman–Crippen MR) is 190 cm³/mol. The first-order valence-corrected chi connectivity index (χ1v) is 17.1. The zero-order valence-corrected chi connectivity index (χ0v) is 28.4. The predicted octanol–water partition coefficient (Wildman–Crippen LogP) is 5.41. The summed E-state index contributed by atoms with van der Waals surface area (Å²) < 4.78 is 5.65. The van der Waals surface area contributed by atoms with E-state index in [0.29, 0.717) is 66.3 Å². The van der Waals surface area contributed by atoms with Crippen molar-refractivity contribution in [3.05, 3.63) is 82.1 Å². The number of nitrogens with zero attached hydrogens (tertiary/aromatic N) is 3. The van der Waals surface area contributed by atoms with E-state index in [-0.39, 0.29) is 23.9 Å². The molecule has 5 N–H and O–H groups in total. The van der Waals surface area contributed by atoms with E-state index in [1.807, 2.05) is 54.6 Å². The fourth-order valence-electron chi connectivity index (χ4n) is 6.47. The van der Waals surface area contributed by atoms with Gasteiger partial charge in [-0.05, 0) is 25.0 Å². The van der Waals surface area contributed by atoms with Crippen molar-refractivity contribution < 1.29 is 14.3 Å². The van der Waals surface area contributed by atoms with Gasteiger partial charge in [0, 0.05) is 96.1 Å². The van der Waals surface area contributed by atoms with Crippen LogP contribution in [0.2, 0.25) is 10.0 Å². The molecule has 5 heterocycles. The van der Waals surface area contributed by atoms with Crippen LogP contribution in [0.5, 0.6) is 5.88 Å². The number of nitrogens with one attached hydrogen (secondary N) is 5. The SMILES string of the molecule is COc1nc(-c2cccc(-c3cccc(-c4cnc5[nH]nc(CNC[C@H]6CCC(=O)N6)c5c4)c3Cl)c2Cl)ccc1CNC[C@H]1CCC(=O)N1. The Morgan fingerprint density at radius 2 is 1.47 bits per heavy atom. The summed E-state index contributed by atoms with van der Waals surface area (Å²) in [6.45, 7) is 2.44. The molecule has 0 spiro atoms. The molecule has 5 aromatic rings. The first-order chi connectivity index (χ1) is 23.9. The highest BCUT2D eigenvalue weighted by Gasteiger charge is 2.22. The molecule has 3 aromatic heterocycles. The molecule has 2 aliphatic heterocycles. The minimum Gasteiger partial charge on any atom is -0.481 e. The van der Waals surface area contributed by atoms with Crippen LogP contribution >= 0.6 is 23.2 Å². The minimum atomic E-state index is 0.0987. The average molecular weight is 700 g/mol. The second-order valence-electron chi connectivity index (χ2n) is 12.4. The molecule has 252 valence electrons. The number of carbonyl (C=O) groups excluding carboxylic acids is 2. The van der Waals surface area contributed by atoms with Gasteiger partial charge >= 0.3 is 0 Å². The molecule has 2 amide bonds. The van der Waals surface area contributed by atoms with E-state index in [0.717, 1.165) is 57.3 Å². The fraction of sp³-hybridized carbons (Fsp3) is 0.306. The van der Waals surface area contributed by atoms with Crippen LogP contribution in [0.15, 0.2) is 60.8 Å². The van der Waals surface area contributed by atoms with E-state index in [1.165, 1.54) is 0 Å². The molecule has 0 unspecified atom stereocenters. The summed E-state index contributed by atoms with van der Waals surface area (Å²) >= 11 is 14.2. The Morgan fingerprint density at radius 3 is 2.12 bits per heavy atom. The van der Waals surface area contributed by atoms with Crippen LogP contribution in [0.1, 0.15) is 36.9 Å². The third-order valence-electron chi connectivity index (χ3n) is 9.06. The number of amides is 2. The normalized spacial score (nSPS) is 17.4. The van der Waals surface area contributed by atoms with Gasteiger partial charge in [0.05, 0.1) is 28.5 Å². The van der Waals surface area contributed by atoms with Crippen molar-refractivity contribution >= 4 is 46.0 Å². The molecule has 0 bridgehead atoms. The number of carbonyl (C=O) groups is 2. The summed E-state index contributed by atoms with van der Waals surface area (Å²) in [5.41, 5.74) is 7.08. The molecule has 0 aliphatic carbocycles. The van der Waals surface area contributed by atoms with E-state index in [9.17, 15) is 9.59 Å².